The van der Waals surface area contributed by atoms with Crippen molar-refractivity contribution < 1.29 is 23.8 Å². The molecule has 0 aliphatic carbocycles. The van der Waals surface area contributed by atoms with Crippen molar-refractivity contribution in [1.82, 2.24) is 20.2 Å². The molecular weight excluding hydrogens is 403 g/mol. The summed E-state index contributed by atoms with van der Waals surface area (Å²) in [6.07, 6.45) is 1.49. The summed E-state index contributed by atoms with van der Waals surface area (Å²) in [5, 5.41) is 15.8. The van der Waals surface area contributed by atoms with Crippen LogP contribution in [0.3, 0.4) is 0 Å². The average Bonchev–Trinajstić information content (AvgIpc) is 3.13. The minimum atomic E-state index is -1.03. The predicted molar refractivity (Wildman–Crippen MR) is 112 cm³/mol. The number of H-pyrrole nitrogens is 1. The van der Waals surface area contributed by atoms with Crippen molar-refractivity contribution in [3.63, 3.8) is 0 Å². The van der Waals surface area contributed by atoms with Crippen molar-refractivity contribution in [3.05, 3.63) is 41.8 Å². The summed E-state index contributed by atoms with van der Waals surface area (Å²) >= 11 is 0. The van der Waals surface area contributed by atoms with Gasteiger partial charge >= 0.3 is 12.0 Å². The Labute approximate surface area is 179 Å². The molecule has 31 heavy (non-hydrogen) atoms. The van der Waals surface area contributed by atoms with Crippen molar-refractivity contribution in [1.29, 1.82) is 0 Å². The first-order valence-electron chi connectivity index (χ1n) is 9.79. The van der Waals surface area contributed by atoms with E-state index in [4.69, 9.17) is 9.47 Å². The standard InChI is InChI=1S/C22H25FN4O4/c1-12(2)31-21-25-19(26-27-21)15-7-6-14(9-17(15)23)16-10-24-18(8-13(16)3)30-11-22(4,5)20(28)29/h6-10,12H,11H2,1-5H3,(H,28,29)(H,25,26,27). The van der Waals surface area contributed by atoms with E-state index in [1.165, 1.54) is 6.07 Å². The fourth-order valence-electron chi connectivity index (χ4n) is 2.73. The van der Waals surface area contributed by atoms with E-state index in [1.54, 1.807) is 38.2 Å². The zero-order valence-corrected chi connectivity index (χ0v) is 18.1. The Balaban J connectivity index is 1.79. The Kier molecular flexibility index (Phi) is 6.24. The second-order valence-corrected chi connectivity index (χ2v) is 8.14. The van der Waals surface area contributed by atoms with Crippen LogP contribution < -0.4 is 9.47 Å². The van der Waals surface area contributed by atoms with Gasteiger partial charge in [-0.25, -0.2) is 9.37 Å². The number of nitrogens with zero attached hydrogens (tertiary/aromatic N) is 3. The number of carboxylic acids is 1. The molecular formula is C22H25FN4O4. The highest BCUT2D eigenvalue weighted by molar-refractivity contribution is 5.74. The summed E-state index contributed by atoms with van der Waals surface area (Å²) in [6.45, 7) is 8.69. The van der Waals surface area contributed by atoms with Gasteiger partial charge in [-0.3, -0.25) is 9.89 Å². The Morgan fingerprint density at radius 2 is 2.00 bits per heavy atom. The second kappa shape index (κ2) is 8.71. The Bertz CT molecular complexity index is 1090. The highest BCUT2D eigenvalue weighted by Gasteiger charge is 2.28. The zero-order chi connectivity index (χ0) is 22.8. The zero-order valence-electron chi connectivity index (χ0n) is 18.1. The minimum Gasteiger partial charge on any atom is -0.481 e. The van der Waals surface area contributed by atoms with Crippen LogP contribution in [0.2, 0.25) is 0 Å². The first kappa shape index (κ1) is 22.2. The number of pyridine rings is 1. The molecule has 0 atom stereocenters. The third-order valence-corrected chi connectivity index (χ3v) is 4.59. The number of nitrogens with one attached hydrogen (secondary N) is 1. The molecule has 8 nitrogen and oxygen atoms in total. The molecule has 2 aromatic heterocycles. The molecule has 1 aromatic carbocycles. The fourth-order valence-corrected chi connectivity index (χ4v) is 2.73. The Morgan fingerprint density at radius 3 is 2.61 bits per heavy atom. The van der Waals surface area contributed by atoms with Crippen molar-refractivity contribution in [3.8, 4) is 34.4 Å². The van der Waals surface area contributed by atoms with E-state index in [0.717, 1.165) is 11.1 Å². The molecule has 0 bridgehead atoms. The lowest BCUT2D eigenvalue weighted by Crippen LogP contribution is -2.30. The predicted octanol–water partition coefficient (Wildman–Crippen LogP) is 4.26. The van der Waals surface area contributed by atoms with E-state index in [0.29, 0.717) is 11.4 Å². The summed E-state index contributed by atoms with van der Waals surface area (Å²) in [5.41, 5.74) is 1.43. The number of aromatic nitrogens is 4. The topological polar surface area (TPSA) is 110 Å². The summed E-state index contributed by atoms with van der Waals surface area (Å²) in [4.78, 5) is 19.6. The molecule has 0 saturated carbocycles. The Hall–Kier alpha value is -3.49. The van der Waals surface area contributed by atoms with Gasteiger partial charge in [0, 0.05) is 17.8 Å². The molecule has 0 spiro atoms. The van der Waals surface area contributed by atoms with Crippen molar-refractivity contribution in [2.24, 2.45) is 5.41 Å². The smallest absolute Gasteiger partial charge is 0.336 e. The second-order valence-electron chi connectivity index (χ2n) is 8.14. The maximum Gasteiger partial charge on any atom is 0.336 e. The molecule has 0 saturated heterocycles. The minimum absolute atomic E-state index is 0.0167. The first-order valence-corrected chi connectivity index (χ1v) is 9.79. The highest BCUT2D eigenvalue weighted by atomic mass is 19.1. The lowest BCUT2D eigenvalue weighted by Gasteiger charge is -2.19. The number of ether oxygens (including phenoxy) is 2. The summed E-state index contributed by atoms with van der Waals surface area (Å²) in [7, 11) is 0. The van der Waals surface area contributed by atoms with Gasteiger partial charge in [0.25, 0.3) is 0 Å². The average molecular weight is 428 g/mol. The maximum atomic E-state index is 14.8. The summed E-state index contributed by atoms with van der Waals surface area (Å²) in [6, 6.07) is 6.64. The SMILES string of the molecule is Cc1cc(OCC(C)(C)C(=O)O)ncc1-c1ccc(-c2nc(OC(C)C)n[nH]2)c(F)c1. The molecule has 9 heteroatoms. The van der Waals surface area contributed by atoms with Crippen LogP contribution in [0.1, 0.15) is 33.3 Å². The van der Waals surface area contributed by atoms with E-state index in [9.17, 15) is 14.3 Å². The largest absolute Gasteiger partial charge is 0.481 e. The van der Waals surface area contributed by atoms with Crippen LogP contribution in [-0.4, -0.2) is 44.0 Å². The quantitative estimate of drug-likeness (QED) is 0.552. The van der Waals surface area contributed by atoms with Gasteiger partial charge < -0.3 is 14.6 Å². The van der Waals surface area contributed by atoms with E-state index in [2.05, 4.69) is 20.2 Å². The van der Waals surface area contributed by atoms with Crippen LogP contribution in [0.4, 0.5) is 4.39 Å². The van der Waals surface area contributed by atoms with Crippen molar-refractivity contribution in [2.45, 2.75) is 40.7 Å². The number of carboxylic acid groups (broad SMARTS) is 1. The molecule has 164 valence electrons. The third kappa shape index (κ3) is 5.17. The number of benzene rings is 1. The van der Waals surface area contributed by atoms with Crippen LogP contribution in [0, 0.1) is 18.2 Å². The molecule has 0 aliphatic rings. The van der Waals surface area contributed by atoms with Gasteiger partial charge in [0.1, 0.15) is 12.4 Å². The fraction of sp³-hybridized carbons (Fsp3) is 0.364. The molecule has 0 amide bonds. The number of halogens is 1. The maximum absolute atomic E-state index is 14.8. The van der Waals surface area contributed by atoms with Crippen LogP contribution >= 0.6 is 0 Å². The molecule has 3 rings (SSSR count). The monoisotopic (exact) mass is 428 g/mol. The van der Waals surface area contributed by atoms with Crippen molar-refractivity contribution in [2.75, 3.05) is 6.61 Å². The molecule has 0 radical (unpaired) electrons. The van der Waals surface area contributed by atoms with Gasteiger partial charge in [-0.1, -0.05) is 6.07 Å². The van der Waals surface area contributed by atoms with Gasteiger partial charge in [-0.05, 0) is 57.9 Å². The van der Waals surface area contributed by atoms with Crippen LogP contribution in [0.15, 0.2) is 30.5 Å². The first-order chi connectivity index (χ1) is 14.6. The number of hydrogen-bond acceptors (Lipinski definition) is 6. The van der Waals surface area contributed by atoms with E-state index < -0.39 is 17.2 Å². The number of aromatic amines is 1. The number of rotatable bonds is 8. The van der Waals surface area contributed by atoms with Crippen molar-refractivity contribution >= 4 is 5.97 Å². The lowest BCUT2D eigenvalue weighted by molar-refractivity contribution is -0.148. The van der Waals surface area contributed by atoms with Gasteiger partial charge in [-0.2, -0.15) is 4.98 Å². The van der Waals surface area contributed by atoms with Gasteiger partial charge in [0.15, 0.2) is 5.82 Å². The van der Waals surface area contributed by atoms with E-state index in [-0.39, 0.29) is 30.1 Å². The molecule has 0 unspecified atom stereocenters. The van der Waals surface area contributed by atoms with Crippen LogP contribution in [-0.2, 0) is 4.79 Å². The van der Waals surface area contributed by atoms with E-state index >= 15 is 0 Å². The molecule has 2 N–H and O–H groups in total. The van der Waals surface area contributed by atoms with Gasteiger partial charge in [-0.15, -0.1) is 5.10 Å². The number of carbonyl (C=O) groups is 1. The molecule has 3 aromatic rings. The van der Waals surface area contributed by atoms with E-state index in [1.807, 2.05) is 20.8 Å². The van der Waals surface area contributed by atoms with Crippen LogP contribution in [0.5, 0.6) is 11.9 Å². The normalized spacial score (nSPS) is 11.6. The third-order valence-electron chi connectivity index (χ3n) is 4.59. The van der Waals surface area contributed by atoms with Gasteiger partial charge in [0.05, 0.1) is 17.1 Å². The number of hydrogen-bond donors (Lipinski definition) is 2. The number of aryl methyl sites for hydroxylation is 1. The lowest BCUT2D eigenvalue weighted by atomic mass is 9.95. The number of aliphatic carboxylic acids is 1. The summed E-state index contributed by atoms with van der Waals surface area (Å²) < 4.78 is 25.7. The Morgan fingerprint density at radius 1 is 1.26 bits per heavy atom. The van der Waals surface area contributed by atoms with Crippen LogP contribution in [0.25, 0.3) is 22.5 Å². The summed E-state index contributed by atoms with van der Waals surface area (Å²) in [5.74, 6) is -0.829. The molecule has 0 fully saturated rings. The highest BCUT2D eigenvalue weighted by Crippen LogP contribution is 2.30. The molecule has 0 aliphatic heterocycles. The molecule has 2 heterocycles. The van der Waals surface area contributed by atoms with Gasteiger partial charge in [0.2, 0.25) is 5.88 Å².